The summed E-state index contributed by atoms with van der Waals surface area (Å²) in [6, 6.07) is 13.3. The second-order valence-corrected chi connectivity index (χ2v) is 8.56. The molecule has 1 aromatic heterocycles. The third kappa shape index (κ3) is 6.44. The number of aromatic nitrogens is 2. The smallest absolute Gasteiger partial charge is 0.273 e. The van der Waals surface area contributed by atoms with Gasteiger partial charge in [-0.25, -0.2) is 0 Å². The van der Waals surface area contributed by atoms with Crippen LogP contribution >= 0.6 is 0 Å². The Morgan fingerprint density at radius 2 is 1.88 bits per heavy atom. The van der Waals surface area contributed by atoms with E-state index in [1.807, 2.05) is 58.9 Å². The normalized spacial score (nSPS) is 10.8. The lowest BCUT2D eigenvalue weighted by Gasteiger charge is -2.11. The highest BCUT2D eigenvalue weighted by molar-refractivity contribution is 6.08. The molecule has 2 amide bonds. The molecule has 7 heteroatoms. The zero-order valence-electron chi connectivity index (χ0n) is 19.9. The van der Waals surface area contributed by atoms with Crippen LogP contribution in [0.1, 0.15) is 58.3 Å². The minimum absolute atomic E-state index is 0.209. The number of carbonyl (C=O) groups excluding carboxylic acids is 2. The fourth-order valence-corrected chi connectivity index (χ4v) is 3.34. The zero-order chi connectivity index (χ0) is 24.0. The average Bonchev–Trinajstić information content (AvgIpc) is 3.20. The molecule has 0 saturated heterocycles. The summed E-state index contributed by atoms with van der Waals surface area (Å²) in [6.07, 6.45) is 1.68. The highest BCUT2D eigenvalue weighted by Crippen LogP contribution is 2.21. The lowest BCUT2D eigenvalue weighted by atomic mass is 10.1. The van der Waals surface area contributed by atoms with Crippen LogP contribution in [0.3, 0.4) is 0 Å². The maximum absolute atomic E-state index is 12.9. The van der Waals surface area contributed by atoms with E-state index in [2.05, 4.69) is 21.8 Å². The van der Waals surface area contributed by atoms with Crippen LogP contribution in [-0.4, -0.2) is 28.1 Å². The molecular weight excluding hydrogens is 416 g/mol. The number of rotatable bonds is 9. The summed E-state index contributed by atoms with van der Waals surface area (Å²) in [6.45, 7) is 11.5. The zero-order valence-corrected chi connectivity index (χ0v) is 19.9. The summed E-state index contributed by atoms with van der Waals surface area (Å²) in [5.41, 5.74) is 4.21. The number of hydrogen-bond donors (Lipinski definition) is 2. The van der Waals surface area contributed by atoms with Crippen molar-refractivity contribution < 1.29 is 14.3 Å². The molecule has 33 heavy (non-hydrogen) atoms. The van der Waals surface area contributed by atoms with Gasteiger partial charge in [0, 0.05) is 24.8 Å². The molecule has 1 heterocycles. The number of amides is 2. The van der Waals surface area contributed by atoms with Gasteiger partial charge in [0.2, 0.25) is 0 Å². The van der Waals surface area contributed by atoms with Gasteiger partial charge in [0.05, 0.1) is 5.69 Å². The number of nitrogens with zero attached hydrogens (tertiary/aromatic N) is 2. The molecule has 0 saturated carbocycles. The number of nitrogens with one attached hydrogen (secondary N) is 2. The molecule has 0 aliphatic carbocycles. The number of benzene rings is 2. The summed E-state index contributed by atoms with van der Waals surface area (Å²) >= 11 is 0. The molecule has 0 atom stereocenters. The van der Waals surface area contributed by atoms with Crippen molar-refractivity contribution in [3.8, 4) is 5.75 Å². The predicted molar refractivity (Wildman–Crippen MR) is 130 cm³/mol. The third-order valence-electron chi connectivity index (χ3n) is 5.13. The van der Waals surface area contributed by atoms with Crippen LogP contribution in [0.4, 0.5) is 5.69 Å². The highest BCUT2D eigenvalue weighted by Gasteiger charge is 2.19. The molecule has 0 spiro atoms. The molecule has 174 valence electrons. The van der Waals surface area contributed by atoms with E-state index in [1.165, 1.54) is 5.56 Å². The maximum Gasteiger partial charge on any atom is 0.273 e. The Labute approximate surface area is 195 Å². The second kappa shape index (κ2) is 10.8. The Balaban J connectivity index is 1.72. The maximum atomic E-state index is 12.9. The Kier molecular flexibility index (Phi) is 7.87. The third-order valence-corrected chi connectivity index (χ3v) is 5.13. The summed E-state index contributed by atoms with van der Waals surface area (Å²) in [5, 5.41) is 10.0. The fraction of sp³-hybridized carbons (Fsp3) is 0.346. The highest BCUT2D eigenvalue weighted by atomic mass is 16.5. The Morgan fingerprint density at radius 3 is 2.58 bits per heavy atom. The van der Waals surface area contributed by atoms with Crippen LogP contribution in [0, 0.1) is 19.8 Å². The second-order valence-electron chi connectivity index (χ2n) is 8.56. The molecule has 2 aromatic carbocycles. The van der Waals surface area contributed by atoms with E-state index in [0.29, 0.717) is 36.9 Å². The van der Waals surface area contributed by atoms with E-state index in [9.17, 15) is 9.59 Å². The number of ether oxygens (including phenoxy) is 1. The van der Waals surface area contributed by atoms with Crippen LogP contribution < -0.4 is 15.4 Å². The van der Waals surface area contributed by atoms with E-state index in [0.717, 1.165) is 16.9 Å². The molecule has 0 fully saturated rings. The molecule has 0 aliphatic heterocycles. The number of anilines is 1. The van der Waals surface area contributed by atoms with E-state index in [1.54, 1.807) is 23.0 Å². The lowest BCUT2D eigenvalue weighted by Crippen LogP contribution is -2.28. The van der Waals surface area contributed by atoms with Crippen molar-refractivity contribution in [3.05, 3.63) is 76.6 Å². The summed E-state index contributed by atoms with van der Waals surface area (Å²) in [4.78, 5) is 25.5. The van der Waals surface area contributed by atoms with Gasteiger partial charge < -0.3 is 15.4 Å². The molecule has 0 bridgehead atoms. The van der Waals surface area contributed by atoms with Crippen molar-refractivity contribution in [3.63, 3.8) is 0 Å². The van der Waals surface area contributed by atoms with Gasteiger partial charge in [0.1, 0.15) is 12.4 Å². The topological polar surface area (TPSA) is 85.2 Å². The number of aryl methyl sites for hydroxylation is 3. The largest absolute Gasteiger partial charge is 0.489 e. The van der Waals surface area contributed by atoms with Crippen molar-refractivity contribution in [1.29, 1.82) is 0 Å². The van der Waals surface area contributed by atoms with Crippen molar-refractivity contribution in [2.45, 2.75) is 47.8 Å². The molecule has 3 rings (SSSR count). The summed E-state index contributed by atoms with van der Waals surface area (Å²) < 4.78 is 7.58. The van der Waals surface area contributed by atoms with Gasteiger partial charge >= 0.3 is 0 Å². The fourth-order valence-electron chi connectivity index (χ4n) is 3.34. The van der Waals surface area contributed by atoms with E-state index < -0.39 is 0 Å². The first-order chi connectivity index (χ1) is 15.8. The van der Waals surface area contributed by atoms with Crippen LogP contribution in [0.15, 0.2) is 48.7 Å². The van der Waals surface area contributed by atoms with Crippen molar-refractivity contribution in [2.75, 3.05) is 11.9 Å². The van der Waals surface area contributed by atoms with Crippen LogP contribution in [0.25, 0.3) is 0 Å². The first-order valence-corrected chi connectivity index (χ1v) is 11.2. The lowest BCUT2D eigenvalue weighted by molar-refractivity contribution is 0.0944. The average molecular weight is 449 g/mol. The molecule has 0 unspecified atom stereocenters. The minimum atomic E-state index is -0.308. The van der Waals surface area contributed by atoms with Crippen LogP contribution in [-0.2, 0) is 13.2 Å². The Bertz CT molecular complexity index is 1130. The van der Waals surface area contributed by atoms with Crippen LogP contribution in [0.2, 0.25) is 0 Å². The first-order valence-electron chi connectivity index (χ1n) is 11.2. The summed E-state index contributed by atoms with van der Waals surface area (Å²) in [5.74, 6) is 0.521. The Hall–Kier alpha value is -3.61. The van der Waals surface area contributed by atoms with Crippen LogP contribution in [0.5, 0.6) is 5.75 Å². The quantitative estimate of drug-likeness (QED) is 0.495. The van der Waals surface area contributed by atoms with Crippen molar-refractivity contribution in [1.82, 2.24) is 15.1 Å². The number of carbonyl (C=O) groups is 2. The van der Waals surface area contributed by atoms with Gasteiger partial charge in [-0.2, -0.15) is 5.10 Å². The molecule has 3 aromatic rings. The van der Waals surface area contributed by atoms with Crippen molar-refractivity contribution in [2.24, 2.45) is 5.92 Å². The molecule has 2 N–H and O–H groups in total. The van der Waals surface area contributed by atoms with Gasteiger partial charge in [-0.05, 0) is 56.0 Å². The monoisotopic (exact) mass is 448 g/mol. The van der Waals surface area contributed by atoms with Gasteiger partial charge in [0.15, 0.2) is 5.69 Å². The summed E-state index contributed by atoms with van der Waals surface area (Å²) in [7, 11) is 0. The molecule has 0 radical (unpaired) electrons. The SMILES string of the molecule is CCn1cc(NC(=O)c2cccc(COc3ccc(C)cc3C)c2)c(C(=O)NCC(C)C)n1. The predicted octanol–water partition coefficient (Wildman–Crippen LogP) is 4.74. The Morgan fingerprint density at radius 1 is 1.09 bits per heavy atom. The van der Waals surface area contributed by atoms with Gasteiger partial charge in [-0.3, -0.25) is 14.3 Å². The van der Waals surface area contributed by atoms with Crippen molar-refractivity contribution >= 4 is 17.5 Å². The number of hydrogen-bond acceptors (Lipinski definition) is 4. The van der Waals surface area contributed by atoms with Gasteiger partial charge in [-0.1, -0.05) is 43.7 Å². The molecule has 7 nitrogen and oxygen atoms in total. The van der Waals surface area contributed by atoms with Gasteiger partial charge in [-0.15, -0.1) is 0 Å². The molecule has 0 aliphatic rings. The molecular formula is C26H32N4O3. The first kappa shape index (κ1) is 24.0. The van der Waals surface area contributed by atoms with E-state index in [-0.39, 0.29) is 17.5 Å². The minimum Gasteiger partial charge on any atom is -0.489 e. The van der Waals surface area contributed by atoms with E-state index >= 15 is 0 Å². The van der Waals surface area contributed by atoms with E-state index in [4.69, 9.17) is 4.74 Å². The van der Waals surface area contributed by atoms with Gasteiger partial charge in [0.25, 0.3) is 11.8 Å². The standard InChI is InChI=1S/C26H32N4O3/c1-6-30-15-22(24(29-30)26(32)27-14-17(2)3)28-25(31)21-9-7-8-20(13-21)16-33-23-11-10-18(4)12-19(23)5/h7-13,15,17H,6,14,16H2,1-5H3,(H,27,32)(H,28,31).